The third-order valence-corrected chi connectivity index (χ3v) is 7.35. The van der Waals surface area contributed by atoms with Crippen molar-refractivity contribution in [2.24, 2.45) is 5.92 Å². The topological polar surface area (TPSA) is 66.5 Å². The summed E-state index contributed by atoms with van der Waals surface area (Å²) < 4.78 is 27.0. The van der Waals surface area contributed by atoms with Crippen molar-refractivity contribution < 1.29 is 13.2 Å². The molecule has 1 N–H and O–H groups in total. The average molecular weight is 401 g/mol. The van der Waals surface area contributed by atoms with Gasteiger partial charge in [-0.05, 0) is 43.4 Å². The number of nitrogens with zero attached hydrogens (tertiary/aromatic N) is 1. The highest BCUT2D eigenvalue weighted by molar-refractivity contribution is 7.89. The summed E-state index contributed by atoms with van der Waals surface area (Å²) in [6.07, 6.45) is 6.09. The smallest absolute Gasteiger partial charge is 0.251 e. The monoisotopic (exact) mass is 400 g/mol. The molecule has 0 unspecified atom stereocenters. The minimum atomic E-state index is -3.65. The highest BCUT2D eigenvalue weighted by Gasteiger charge is 2.29. The number of benzene rings is 1. The fourth-order valence-corrected chi connectivity index (χ4v) is 5.21. The molecule has 2 rings (SSSR count). The summed E-state index contributed by atoms with van der Waals surface area (Å²) in [7, 11) is -3.65. The second-order valence-electron chi connectivity index (χ2n) is 6.88. The first-order valence-electron chi connectivity index (χ1n) is 9.48. The third kappa shape index (κ3) is 5.21. The Morgan fingerprint density at radius 3 is 2.58 bits per heavy atom. The molecule has 0 aliphatic carbocycles. The average Bonchev–Trinajstić information content (AvgIpc) is 3.17. The van der Waals surface area contributed by atoms with E-state index in [-0.39, 0.29) is 15.8 Å². The van der Waals surface area contributed by atoms with E-state index in [0.717, 1.165) is 38.5 Å². The van der Waals surface area contributed by atoms with Crippen LogP contribution in [0, 0.1) is 5.92 Å². The maximum absolute atomic E-state index is 12.8. The van der Waals surface area contributed by atoms with Gasteiger partial charge in [0.15, 0.2) is 0 Å². The zero-order chi connectivity index (χ0) is 19.2. The number of hydrogen-bond acceptors (Lipinski definition) is 3. The highest BCUT2D eigenvalue weighted by atomic mass is 35.5. The Balaban J connectivity index is 2.11. The minimum absolute atomic E-state index is 0.0201. The van der Waals surface area contributed by atoms with Crippen LogP contribution in [0.25, 0.3) is 0 Å². The van der Waals surface area contributed by atoms with Crippen molar-refractivity contribution >= 4 is 27.5 Å². The van der Waals surface area contributed by atoms with Gasteiger partial charge in [-0.1, -0.05) is 44.7 Å². The molecular formula is C19H29ClN2O3S. The largest absolute Gasteiger partial charge is 0.352 e. The number of carbonyl (C=O) groups excluding carboxylic acids is 1. The second kappa shape index (κ2) is 9.72. The van der Waals surface area contributed by atoms with E-state index in [1.165, 1.54) is 16.4 Å². The predicted octanol–water partition coefficient (Wildman–Crippen LogP) is 4.07. The van der Waals surface area contributed by atoms with Crippen LogP contribution < -0.4 is 5.32 Å². The fourth-order valence-electron chi connectivity index (χ4n) is 3.19. The summed E-state index contributed by atoms with van der Waals surface area (Å²) in [6, 6.07) is 4.47. The lowest BCUT2D eigenvalue weighted by molar-refractivity contribution is 0.0945. The lowest BCUT2D eigenvalue weighted by Crippen LogP contribution is -2.30. The summed E-state index contributed by atoms with van der Waals surface area (Å²) in [5, 5.41) is 3.09. The molecule has 1 aliphatic rings. The van der Waals surface area contributed by atoms with Gasteiger partial charge in [0.05, 0.1) is 5.02 Å². The number of amides is 1. The summed E-state index contributed by atoms with van der Waals surface area (Å²) in [5.41, 5.74) is 0.331. The lowest BCUT2D eigenvalue weighted by atomic mass is 9.99. The van der Waals surface area contributed by atoms with Crippen LogP contribution in [0.4, 0.5) is 0 Å². The standard InChI is InChI=1S/C19H29ClN2O3S/c1-3-5-8-15(4-2)14-21-19(23)16-9-10-17(20)18(13-16)26(24,25)22-11-6-7-12-22/h9-10,13,15H,3-8,11-12,14H2,1-2H3,(H,21,23)/t15-/m0/s1. The molecule has 1 aliphatic heterocycles. The Kier molecular flexibility index (Phi) is 7.92. The molecule has 146 valence electrons. The highest BCUT2D eigenvalue weighted by Crippen LogP contribution is 2.28. The second-order valence-corrected chi connectivity index (χ2v) is 9.20. The van der Waals surface area contributed by atoms with Gasteiger partial charge in [-0.2, -0.15) is 4.31 Å². The normalized spacial score (nSPS) is 16.6. The molecule has 26 heavy (non-hydrogen) atoms. The van der Waals surface area contributed by atoms with Crippen molar-refractivity contribution in [2.45, 2.75) is 57.3 Å². The first-order chi connectivity index (χ1) is 12.4. The quantitative estimate of drug-likeness (QED) is 0.679. The Hall–Kier alpha value is -1.11. The molecule has 0 radical (unpaired) electrons. The van der Waals surface area contributed by atoms with Crippen molar-refractivity contribution in [3.05, 3.63) is 28.8 Å². The molecule has 1 amide bonds. The van der Waals surface area contributed by atoms with Crippen LogP contribution in [0.15, 0.2) is 23.1 Å². The first kappa shape index (κ1) is 21.2. The molecular weight excluding hydrogens is 372 g/mol. The van der Waals surface area contributed by atoms with E-state index in [2.05, 4.69) is 19.2 Å². The van der Waals surface area contributed by atoms with Gasteiger partial charge in [-0.3, -0.25) is 4.79 Å². The van der Waals surface area contributed by atoms with Crippen LogP contribution in [-0.4, -0.2) is 38.3 Å². The van der Waals surface area contributed by atoms with Crippen LogP contribution in [0.3, 0.4) is 0 Å². The number of sulfonamides is 1. The van der Waals surface area contributed by atoms with E-state index in [1.54, 1.807) is 6.07 Å². The molecule has 1 heterocycles. The SMILES string of the molecule is CCCC[C@H](CC)CNC(=O)c1ccc(Cl)c(S(=O)(=O)N2CCCC2)c1. The van der Waals surface area contributed by atoms with Crippen LogP contribution >= 0.6 is 11.6 Å². The Labute approximate surface area is 162 Å². The van der Waals surface area contributed by atoms with Crippen LogP contribution in [-0.2, 0) is 10.0 Å². The van der Waals surface area contributed by atoms with E-state index in [4.69, 9.17) is 11.6 Å². The maximum atomic E-state index is 12.8. The van der Waals surface area contributed by atoms with Crippen LogP contribution in [0.1, 0.15) is 62.7 Å². The maximum Gasteiger partial charge on any atom is 0.251 e. The number of hydrogen-bond donors (Lipinski definition) is 1. The van der Waals surface area contributed by atoms with E-state index in [9.17, 15) is 13.2 Å². The fraction of sp³-hybridized carbons (Fsp3) is 0.632. The molecule has 7 heteroatoms. The first-order valence-corrected chi connectivity index (χ1v) is 11.3. The van der Waals surface area contributed by atoms with Gasteiger partial charge in [-0.25, -0.2) is 8.42 Å². The number of rotatable bonds is 9. The van der Waals surface area contributed by atoms with Crippen molar-refractivity contribution in [2.75, 3.05) is 19.6 Å². The molecule has 0 bridgehead atoms. The molecule has 1 aromatic rings. The minimum Gasteiger partial charge on any atom is -0.352 e. The zero-order valence-electron chi connectivity index (χ0n) is 15.6. The molecule has 1 atom stereocenters. The molecule has 0 saturated carbocycles. The van der Waals surface area contributed by atoms with Gasteiger partial charge in [0.1, 0.15) is 4.90 Å². The van der Waals surface area contributed by atoms with Crippen molar-refractivity contribution in [3.8, 4) is 0 Å². The molecule has 0 spiro atoms. The molecule has 0 aromatic heterocycles. The summed E-state index contributed by atoms with van der Waals surface area (Å²) in [4.78, 5) is 12.5. The summed E-state index contributed by atoms with van der Waals surface area (Å²) in [5.74, 6) is 0.188. The predicted molar refractivity (Wildman–Crippen MR) is 105 cm³/mol. The summed E-state index contributed by atoms with van der Waals surface area (Å²) in [6.45, 7) is 5.89. The zero-order valence-corrected chi connectivity index (χ0v) is 17.2. The number of unbranched alkanes of at least 4 members (excludes halogenated alkanes) is 1. The van der Waals surface area contributed by atoms with Gasteiger partial charge in [-0.15, -0.1) is 0 Å². The molecule has 5 nitrogen and oxygen atoms in total. The Morgan fingerprint density at radius 1 is 1.27 bits per heavy atom. The van der Waals surface area contributed by atoms with E-state index in [1.807, 2.05) is 0 Å². The van der Waals surface area contributed by atoms with E-state index in [0.29, 0.717) is 31.1 Å². The summed E-state index contributed by atoms with van der Waals surface area (Å²) >= 11 is 6.13. The van der Waals surface area contributed by atoms with Gasteiger partial charge in [0.2, 0.25) is 10.0 Å². The molecule has 1 aromatic carbocycles. The molecule has 1 saturated heterocycles. The Bertz CT molecular complexity index is 715. The van der Waals surface area contributed by atoms with E-state index < -0.39 is 10.0 Å². The number of halogens is 1. The van der Waals surface area contributed by atoms with Gasteiger partial charge >= 0.3 is 0 Å². The number of carbonyl (C=O) groups is 1. The van der Waals surface area contributed by atoms with Gasteiger partial charge < -0.3 is 5.32 Å². The third-order valence-electron chi connectivity index (χ3n) is 4.97. The van der Waals surface area contributed by atoms with Crippen LogP contribution in [0.2, 0.25) is 5.02 Å². The van der Waals surface area contributed by atoms with Gasteiger partial charge in [0, 0.05) is 25.2 Å². The van der Waals surface area contributed by atoms with Gasteiger partial charge in [0.25, 0.3) is 5.91 Å². The van der Waals surface area contributed by atoms with Crippen molar-refractivity contribution in [3.63, 3.8) is 0 Å². The van der Waals surface area contributed by atoms with Crippen LogP contribution in [0.5, 0.6) is 0 Å². The number of nitrogens with one attached hydrogen (secondary N) is 1. The van der Waals surface area contributed by atoms with Crippen molar-refractivity contribution in [1.82, 2.24) is 9.62 Å². The van der Waals surface area contributed by atoms with Crippen molar-refractivity contribution in [1.29, 1.82) is 0 Å². The lowest BCUT2D eigenvalue weighted by Gasteiger charge is -2.18. The van der Waals surface area contributed by atoms with E-state index >= 15 is 0 Å². The Morgan fingerprint density at radius 2 is 1.96 bits per heavy atom. The molecule has 1 fully saturated rings.